The molecule has 86 valence electrons. The molecular weight excluding hydrogens is 212 g/mol. The average Bonchev–Trinajstić information content (AvgIpc) is 2.49. The lowest BCUT2D eigenvalue weighted by Gasteiger charge is -2.31. The van der Waals surface area contributed by atoms with Crippen molar-refractivity contribution in [3.63, 3.8) is 0 Å². The summed E-state index contributed by atoms with van der Waals surface area (Å²) in [5.41, 5.74) is -1.09. The topological polar surface area (TPSA) is 25.8 Å². The van der Waals surface area contributed by atoms with Crippen LogP contribution in [0.25, 0.3) is 9.69 Å². The highest BCUT2D eigenvalue weighted by Crippen LogP contribution is 2.48. The molecule has 3 heteroatoms. The summed E-state index contributed by atoms with van der Waals surface area (Å²) >= 11 is 0. The number of Topliss-reactive ketones (excluding diaryl/α,β-unsaturated/α-hetero) is 1. The quantitative estimate of drug-likeness (QED) is 0.460. The number of carbonyl (C=O) groups is 1. The Morgan fingerprint density at radius 3 is 2.53 bits per heavy atom. The first-order valence-corrected chi connectivity index (χ1v) is 5.76. The maximum atomic E-state index is 12.1. The molecule has 2 rings (SSSR count). The number of allylic oxidation sites excluding steroid dienone is 2. The van der Waals surface area contributed by atoms with Gasteiger partial charge in [-0.25, -0.2) is 22.8 Å². The molecule has 0 aromatic carbocycles. The van der Waals surface area contributed by atoms with Crippen molar-refractivity contribution in [1.29, 1.82) is 0 Å². The van der Waals surface area contributed by atoms with Crippen LogP contribution in [0.3, 0.4) is 0 Å². The van der Waals surface area contributed by atoms with Crippen LogP contribution in [-0.2, 0) is 4.79 Å². The largest absolute Gasteiger partial charge is 0.510 e. The van der Waals surface area contributed by atoms with E-state index in [9.17, 15) is 4.79 Å². The number of nitrogens with zero attached hydrogens (tertiary/aromatic N) is 2. The number of hydrogen-bond acceptors (Lipinski definition) is 1. The van der Waals surface area contributed by atoms with Crippen LogP contribution in [0.2, 0.25) is 0 Å². The molecule has 0 saturated heterocycles. The molecule has 0 amide bonds. The van der Waals surface area contributed by atoms with Gasteiger partial charge in [0.2, 0.25) is 0 Å². The first-order valence-electron chi connectivity index (χ1n) is 5.76. The third-order valence-corrected chi connectivity index (χ3v) is 3.83. The Bertz CT molecular complexity index is 487. The molecule has 1 unspecified atom stereocenters. The van der Waals surface area contributed by atoms with Crippen molar-refractivity contribution in [2.45, 2.75) is 38.3 Å². The second kappa shape index (κ2) is 3.86. The smallest absolute Gasteiger partial charge is 0.299 e. The van der Waals surface area contributed by atoms with E-state index in [1.54, 1.807) is 0 Å². The molecule has 0 bridgehead atoms. The molecule has 2 aliphatic rings. The molecule has 0 N–H and O–H groups in total. The molecule has 0 saturated carbocycles. The number of hydrogen-bond donors (Lipinski definition) is 0. The Hall–Kier alpha value is -1.87. The van der Waals surface area contributed by atoms with Crippen LogP contribution in [0, 0.1) is 18.6 Å². The van der Waals surface area contributed by atoms with Crippen LogP contribution in [-0.4, -0.2) is 11.4 Å². The van der Waals surface area contributed by atoms with Gasteiger partial charge >= 0.3 is 5.66 Å². The predicted molar refractivity (Wildman–Crippen MR) is 64.7 cm³/mol. The zero-order valence-corrected chi connectivity index (χ0v) is 9.86. The second-order valence-electron chi connectivity index (χ2n) is 4.83. The summed E-state index contributed by atoms with van der Waals surface area (Å²) in [5, 5.41) is 0. The molecular formula is C14H14N2O. The molecule has 0 heterocycles. The van der Waals surface area contributed by atoms with E-state index in [-0.39, 0.29) is 5.78 Å². The highest BCUT2D eigenvalue weighted by molar-refractivity contribution is 5.90. The van der Waals surface area contributed by atoms with Crippen molar-refractivity contribution in [2.24, 2.45) is 5.41 Å². The van der Waals surface area contributed by atoms with Gasteiger partial charge in [0.05, 0.1) is 5.41 Å². The van der Waals surface area contributed by atoms with Crippen LogP contribution in [0.1, 0.15) is 32.6 Å². The fourth-order valence-electron chi connectivity index (χ4n) is 2.74. The van der Waals surface area contributed by atoms with Gasteiger partial charge in [-0.15, -0.1) is 0 Å². The highest BCUT2D eigenvalue weighted by Gasteiger charge is 2.58. The van der Waals surface area contributed by atoms with Gasteiger partial charge < -0.3 is 0 Å². The van der Waals surface area contributed by atoms with Gasteiger partial charge in [0.1, 0.15) is 17.8 Å². The second-order valence-corrected chi connectivity index (χ2v) is 4.83. The van der Waals surface area contributed by atoms with Crippen molar-refractivity contribution in [3.8, 4) is 0 Å². The van der Waals surface area contributed by atoms with Crippen LogP contribution in [0.5, 0.6) is 0 Å². The van der Waals surface area contributed by atoms with Crippen molar-refractivity contribution < 1.29 is 4.79 Å². The van der Waals surface area contributed by atoms with Crippen LogP contribution >= 0.6 is 0 Å². The molecule has 0 aromatic heterocycles. The summed E-state index contributed by atoms with van der Waals surface area (Å²) in [4.78, 5) is 19.2. The van der Waals surface area contributed by atoms with Crippen LogP contribution < -0.4 is 0 Å². The summed E-state index contributed by atoms with van der Waals surface area (Å²) in [6.07, 6.45) is 7.96. The molecule has 0 radical (unpaired) electrons. The molecule has 2 aliphatic carbocycles. The lowest BCUT2D eigenvalue weighted by molar-refractivity contribution is -0.126. The Balaban J connectivity index is 2.64. The summed E-state index contributed by atoms with van der Waals surface area (Å²) in [5.74, 6) is 0.165. The summed E-state index contributed by atoms with van der Waals surface area (Å²) in [6, 6.07) is 0. The van der Waals surface area contributed by atoms with E-state index < -0.39 is 11.1 Å². The van der Waals surface area contributed by atoms with Crippen molar-refractivity contribution in [3.05, 3.63) is 46.6 Å². The van der Waals surface area contributed by atoms with Crippen molar-refractivity contribution in [1.82, 2.24) is 0 Å². The fraction of sp³-hybridized carbons (Fsp3) is 0.500. The van der Waals surface area contributed by atoms with E-state index in [2.05, 4.69) is 9.69 Å². The minimum atomic E-state index is -1.18. The van der Waals surface area contributed by atoms with Crippen molar-refractivity contribution in [2.75, 3.05) is 0 Å². The molecule has 0 spiro atoms. The SMILES string of the molecule is [C-]#[N+]C1([N+]#[C-])CC=CCC2(C)C(=O)CCC=C12. The Kier molecular flexibility index (Phi) is 2.63. The Morgan fingerprint density at radius 1 is 1.24 bits per heavy atom. The third kappa shape index (κ3) is 1.51. The van der Waals surface area contributed by atoms with E-state index in [0.717, 1.165) is 5.57 Å². The summed E-state index contributed by atoms with van der Waals surface area (Å²) in [7, 11) is 0. The van der Waals surface area contributed by atoms with Crippen LogP contribution in [0.15, 0.2) is 23.8 Å². The molecule has 0 aromatic rings. The monoisotopic (exact) mass is 226 g/mol. The lowest BCUT2D eigenvalue weighted by atomic mass is 9.67. The first kappa shape index (κ1) is 11.6. The standard InChI is InChI=1S/C14H14N2O/c1-13-9-4-5-10-14(15-2,16-3)11(13)7-6-8-12(13)17/h4-5,7H,6,8-10H2,1H3. The molecule has 17 heavy (non-hydrogen) atoms. The highest BCUT2D eigenvalue weighted by atomic mass is 16.1. The zero-order valence-electron chi connectivity index (χ0n) is 9.86. The lowest BCUT2D eigenvalue weighted by Crippen LogP contribution is -2.40. The fourth-order valence-corrected chi connectivity index (χ4v) is 2.74. The maximum absolute atomic E-state index is 12.1. The van der Waals surface area contributed by atoms with Gasteiger partial charge in [-0.1, -0.05) is 18.2 Å². The number of ketones is 1. The van der Waals surface area contributed by atoms with Gasteiger partial charge in [0, 0.05) is 6.42 Å². The minimum Gasteiger partial charge on any atom is -0.299 e. The number of carbonyl (C=O) groups excluding carboxylic acids is 1. The Morgan fingerprint density at radius 2 is 1.88 bits per heavy atom. The van der Waals surface area contributed by atoms with E-state index in [4.69, 9.17) is 13.1 Å². The van der Waals surface area contributed by atoms with Crippen LogP contribution in [0.4, 0.5) is 0 Å². The minimum absolute atomic E-state index is 0.165. The molecule has 1 atom stereocenters. The van der Waals surface area contributed by atoms with E-state index in [0.29, 0.717) is 25.7 Å². The number of fused-ring (bicyclic) bond motifs is 1. The van der Waals surface area contributed by atoms with E-state index in [1.807, 2.05) is 25.2 Å². The zero-order chi connectivity index (χ0) is 12.5. The van der Waals surface area contributed by atoms with Gasteiger partial charge in [-0.05, 0) is 19.8 Å². The average molecular weight is 226 g/mol. The normalized spacial score (nSPS) is 30.5. The third-order valence-electron chi connectivity index (χ3n) is 3.83. The molecule has 0 aliphatic heterocycles. The van der Waals surface area contributed by atoms with E-state index >= 15 is 0 Å². The first-order chi connectivity index (χ1) is 8.09. The summed E-state index contributed by atoms with van der Waals surface area (Å²) in [6.45, 7) is 16.6. The molecule has 3 nitrogen and oxygen atoms in total. The maximum Gasteiger partial charge on any atom is 0.510 e. The Labute approximate surface area is 101 Å². The predicted octanol–water partition coefficient (Wildman–Crippen LogP) is 3.17. The van der Waals surface area contributed by atoms with Gasteiger partial charge in [0.25, 0.3) is 0 Å². The van der Waals surface area contributed by atoms with Crippen molar-refractivity contribution >= 4 is 5.78 Å². The summed E-state index contributed by atoms with van der Waals surface area (Å²) < 4.78 is 0. The van der Waals surface area contributed by atoms with Gasteiger partial charge in [-0.2, -0.15) is 0 Å². The van der Waals surface area contributed by atoms with E-state index in [1.165, 1.54) is 0 Å². The van der Waals surface area contributed by atoms with Gasteiger partial charge in [-0.3, -0.25) is 4.79 Å². The molecule has 0 fully saturated rings. The number of rotatable bonds is 0. The van der Waals surface area contributed by atoms with Gasteiger partial charge in [0.15, 0.2) is 0 Å².